The first-order valence-electron chi connectivity index (χ1n) is 5.64. The molecule has 7 heteroatoms. The van der Waals surface area contributed by atoms with Crippen LogP contribution in [-0.4, -0.2) is 15.0 Å². The van der Waals surface area contributed by atoms with E-state index in [9.17, 15) is 8.42 Å². The monoisotopic (exact) mass is 358 g/mol. The van der Waals surface area contributed by atoms with Crippen molar-refractivity contribution in [2.75, 3.05) is 16.6 Å². The van der Waals surface area contributed by atoms with Gasteiger partial charge in [0.15, 0.2) is 4.21 Å². The van der Waals surface area contributed by atoms with E-state index < -0.39 is 10.0 Å². The second-order valence-corrected chi connectivity index (χ2v) is 8.10. The average molecular weight is 359 g/mol. The van der Waals surface area contributed by atoms with Crippen molar-refractivity contribution >= 4 is 48.7 Å². The zero-order valence-electron chi connectivity index (χ0n) is 9.84. The average Bonchev–Trinajstić information content (AvgIpc) is 2.94. The predicted octanol–water partition coefficient (Wildman–Crippen LogP) is 2.84. The van der Waals surface area contributed by atoms with Crippen LogP contribution in [0.15, 0.2) is 38.3 Å². The molecule has 0 unspecified atom stereocenters. The Kier molecular flexibility index (Phi) is 3.07. The van der Waals surface area contributed by atoms with Gasteiger partial charge in [-0.05, 0) is 57.6 Å². The van der Waals surface area contributed by atoms with Gasteiger partial charge in [-0.25, -0.2) is 8.42 Å². The second kappa shape index (κ2) is 4.50. The number of hydrogen-bond acceptors (Lipinski definition) is 4. The van der Waals surface area contributed by atoms with Crippen LogP contribution in [0.2, 0.25) is 0 Å². The van der Waals surface area contributed by atoms with Crippen molar-refractivity contribution in [3.05, 3.63) is 39.7 Å². The Balaban J connectivity index is 2.09. The summed E-state index contributed by atoms with van der Waals surface area (Å²) in [6, 6.07) is 7.10. The largest absolute Gasteiger partial charge is 0.399 e. The molecule has 1 aliphatic heterocycles. The third kappa shape index (κ3) is 2.05. The van der Waals surface area contributed by atoms with Gasteiger partial charge >= 0.3 is 0 Å². The van der Waals surface area contributed by atoms with Crippen LogP contribution < -0.4 is 10.0 Å². The molecule has 3 rings (SSSR count). The van der Waals surface area contributed by atoms with Gasteiger partial charge in [-0.1, -0.05) is 0 Å². The Bertz CT molecular complexity index is 740. The fourth-order valence-electron chi connectivity index (χ4n) is 2.21. The van der Waals surface area contributed by atoms with Crippen molar-refractivity contribution in [1.82, 2.24) is 0 Å². The lowest BCUT2D eigenvalue weighted by Gasteiger charge is -2.18. The molecule has 1 aromatic heterocycles. The number of rotatable bonds is 2. The van der Waals surface area contributed by atoms with Crippen molar-refractivity contribution in [3.63, 3.8) is 0 Å². The molecule has 0 amide bonds. The number of halogens is 1. The van der Waals surface area contributed by atoms with Crippen LogP contribution >= 0.6 is 27.3 Å². The van der Waals surface area contributed by atoms with Crippen molar-refractivity contribution in [2.24, 2.45) is 0 Å². The highest BCUT2D eigenvalue weighted by atomic mass is 79.9. The predicted molar refractivity (Wildman–Crippen MR) is 81.1 cm³/mol. The fourth-order valence-corrected chi connectivity index (χ4v) is 6.12. The third-order valence-electron chi connectivity index (χ3n) is 3.07. The van der Waals surface area contributed by atoms with Crippen LogP contribution in [-0.2, 0) is 16.4 Å². The van der Waals surface area contributed by atoms with Gasteiger partial charge in [-0.2, -0.15) is 0 Å². The minimum Gasteiger partial charge on any atom is -0.399 e. The van der Waals surface area contributed by atoms with E-state index in [2.05, 4.69) is 15.9 Å². The third-order valence-corrected chi connectivity index (χ3v) is 7.53. The van der Waals surface area contributed by atoms with Crippen molar-refractivity contribution in [2.45, 2.75) is 10.6 Å². The lowest BCUT2D eigenvalue weighted by molar-refractivity contribution is 0.594. The molecule has 1 aromatic carbocycles. The lowest BCUT2D eigenvalue weighted by Crippen LogP contribution is -2.28. The highest BCUT2D eigenvalue weighted by molar-refractivity contribution is 9.10. The number of anilines is 2. The van der Waals surface area contributed by atoms with E-state index >= 15 is 0 Å². The van der Waals surface area contributed by atoms with E-state index in [-0.39, 0.29) is 0 Å². The van der Waals surface area contributed by atoms with Crippen LogP contribution in [0.1, 0.15) is 5.56 Å². The maximum atomic E-state index is 12.6. The number of nitrogen functional groups attached to an aromatic ring is 1. The first-order valence-corrected chi connectivity index (χ1v) is 8.75. The number of nitrogens with two attached hydrogens (primary N) is 1. The SMILES string of the molecule is Nc1ccc2c(c1)CCN2S(=O)(=O)c1sccc1Br. The first-order chi connectivity index (χ1) is 9.00. The lowest BCUT2D eigenvalue weighted by atomic mass is 10.1. The smallest absolute Gasteiger partial charge is 0.274 e. The Morgan fingerprint density at radius 1 is 1.32 bits per heavy atom. The van der Waals surface area contributed by atoms with Crippen LogP contribution in [0.3, 0.4) is 0 Å². The fraction of sp³-hybridized carbons (Fsp3) is 0.167. The summed E-state index contributed by atoms with van der Waals surface area (Å²) in [7, 11) is -3.49. The zero-order valence-corrected chi connectivity index (χ0v) is 13.1. The highest BCUT2D eigenvalue weighted by Crippen LogP contribution is 2.37. The molecule has 0 aliphatic carbocycles. The molecule has 0 saturated heterocycles. The molecule has 0 bridgehead atoms. The summed E-state index contributed by atoms with van der Waals surface area (Å²) >= 11 is 4.51. The van der Waals surface area contributed by atoms with Crippen LogP contribution in [0.4, 0.5) is 11.4 Å². The molecule has 100 valence electrons. The van der Waals surface area contributed by atoms with E-state index in [0.29, 0.717) is 27.3 Å². The van der Waals surface area contributed by atoms with E-state index in [1.807, 2.05) is 6.07 Å². The molecular formula is C12H11BrN2O2S2. The molecule has 0 spiro atoms. The van der Waals surface area contributed by atoms with Gasteiger partial charge in [0.1, 0.15) is 0 Å². The van der Waals surface area contributed by atoms with Gasteiger partial charge in [0.05, 0.1) is 5.69 Å². The van der Waals surface area contributed by atoms with E-state index in [0.717, 1.165) is 11.3 Å². The van der Waals surface area contributed by atoms with Crippen molar-refractivity contribution < 1.29 is 8.42 Å². The molecule has 0 radical (unpaired) electrons. The molecule has 2 heterocycles. The minimum absolute atomic E-state index is 0.345. The number of nitrogens with zero attached hydrogens (tertiary/aromatic N) is 1. The summed E-state index contributed by atoms with van der Waals surface area (Å²) < 4.78 is 27.7. The number of thiophene rings is 1. The van der Waals surface area contributed by atoms with Gasteiger partial charge in [-0.3, -0.25) is 4.31 Å². The summed E-state index contributed by atoms with van der Waals surface area (Å²) in [4.78, 5) is 0. The molecule has 4 nitrogen and oxygen atoms in total. The topological polar surface area (TPSA) is 63.4 Å². The molecule has 1 aliphatic rings. The minimum atomic E-state index is -3.49. The maximum Gasteiger partial charge on any atom is 0.274 e. The molecule has 2 aromatic rings. The van der Waals surface area contributed by atoms with E-state index in [1.54, 1.807) is 23.6 Å². The van der Waals surface area contributed by atoms with Crippen molar-refractivity contribution in [3.8, 4) is 0 Å². The Labute approximate surface area is 124 Å². The second-order valence-electron chi connectivity index (χ2n) is 4.27. The molecule has 0 saturated carbocycles. The van der Waals surface area contributed by atoms with Gasteiger partial charge < -0.3 is 5.73 Å². The number of hydrogen-bond donors (Lipinski definition) is 1. The molecule has 19 heavy (non-hydrogen) atoms. The molecule has 0 atom stereocenters. The van der Waals surface area contributed by atoms with Crippen LogP contribution in [0, 0.1) is 0 Å². The summed E-state index contributed by atoms with van der Waals surface area (Å²) in [5, 5.41) is 1.76. The van der Waals surface area contributed by atoms with E-state index in [1.165, 1.54) is 15.6 Å². The van der Waals surface area contributed by atoms with Crippen LogP contribution in [0.5, 0.6) is 0 Å². The Morgan fingerprint density at radius 2 is 2.11 bits per heavy atom. The zero-order chi connectivity index (χ0) is 13.6. The maximum absolute atomic E-state index is 12.6. The quantitative estimate of drug-likeness (QED) is 0.839. The molecular weight excluding hydrogens is 348 g/mol. The van der Waals surface area contributed by atoms with Gasteiger partial charge in [0.2, 0.25) is 0 Å². The van der Waals surface area contributed by atoms with Gasteiger partial charge in [-0.15, -0.1) is 11.3 Å². The summed E-state index contributed by atoms with van der Waals surface area (Å²) in [5.74, 6) is 0. The summed E-state index contributed by atoms with van der Waals surface area (Å²) in [5.41, 5.74) is 8.11. The standard InChI is InChI=1S/C12H11BrN2O2S2/c13-10-4-6-18-12(10)19(16,17)15-5-3-8-7-9(14)1-2-11(8)15/h1-2,4,6-7H,3,5,14H2. The van der Waals surface area contributed by atoms with Gasteiger partial charge in [0.25, 0.3) is 10.0 Å². The van der Waals surface area contributed by atoms with Gasteiger partial charge in [0, 0.05) is 16.7 Å². The van der Waals surface area contributed by atoms with E-state index in [4.69, 9.17) is 5.73 Å². The number of fused-ring (bicyclic) bond motifs is 1. The Morgan fingerprint density at radius 3 is 2.79 bits per heavy atom. The number of benzene rings is 1. The molecule has 2 N–H and O–H groups in total. The number of sulfonamides is 1. The Hall–Kier alpha value is -1.05. The first kappa shape index (κ1) is 13.0. The molecule has 0 fully saturated rings. The normalized spacial score (nSPS) is 14.7. The van der Waals surface area contributed by atoms with Crippen LogP contribution in [0.25, 0.3) is 0 Å². The summed E-state index contributed by atoms with van der Waals surface area (Å²) in [6.45, 7) is 0.464. The van der Waals surface area contributed by atoms with Crippen molar-refractivity contribution in [1.29, 1.82) is 0 Å². The highest BCUT2D eigenvalue weighted by Gasteiger charge is 2.32. The summed E-state index contributed by atoms with van der Waals surface area (Å²) in [6.07, 6.45) is 0.697.